The van der Waals surface area contributed by atoms with Crippen molar-refractivity contribution in [2.45, 2.75) is 6.92 Å². The molecule has 0 aromatic heterocycles. The molecule has 3 rings (SSSR count). The van der Waals surface area contributed by atoms with Crippen LogP contribution in [0.4, 0.5) is 0 Å². The number of hydrazone groups is 1. The van der Waals surface area contributed by atoms with Gasteiger partial charge in [0.05, 0.1) is 32.0 Å². The van der Waals surface area contributed by atoms with E-state index in [0.717, 1.165) is 0 Å². The summed E-state index contributed by atoms with van der Waals surface area (Å²) in [5, 5.41) is 6.38. The number of benzene rings is 3. The topological polar surface area (TPSA) is 115 Å². The molecule has 0 fully saturated rings. The first-order valence-corrected chi connectivity index (χ1v) is 10.8. The fourth-order valence-electron chi connectivity index (χ4n) is 2.87. The van der Waals surface area contributed by atoms with Crippen molar-refractivity contribution < 1.29 is 28.6 Å². The van der Waals surface area contributed by atoms with E-state index in [4.69, 9.17) is 14.2 Å². The van der Waals surface area contributed by atoms with Gasteiger partial charge in [0.15, 0.2) is 0 Å². The molecule has 2 N–H and O–H groups in total. The van der Waals surface area contributed by atoms with E-state index in [1.807, 2.05) is 6.92 Å². The Hall–Kier alpha value is -4.66. The molecule has 0 aliphatic rings. The van der Waals surface area contributed by atoms with E-state index >= 15 is 0 Å². The molecular weight excluding hydrogens is 450 g/mol. The van der Waals surface area contributed by atoms with Crippen molar-refractivity contribution in [3.8, 4) is 17.2 Å². The van der Waals surface area contributed by atoms with Crippen LogP contribution in [0.5, 0.6) is 17.2 Å². The van der Waals surface area contributed by atoms with Crippen LogP contribution < -0.4 is 25.0 Å². The zero-order valence-corrected chi connectivity index (χ0v) is 19.3. The largest absolute Gasteiger partial charge is 0.497 e. The standard InChI is InChI=1S/C26H25N3O6/c1-3-34-22-14-8-20(9-15-22)26(32)35-23-10-4-18(5-11-23)16-28-29-24(30)17-27-25(31)19-6-12-21(33-2)13-7-19/h4-16H,3,17H2,1-2H3,(H,27,31)(H,29,30)/b28-16-. The molecule has 0 unspecified atom stereocenters. The van der Waals surface area contributed by atoms with Gasteiger partial charge in [-0.05, 0) is 85.3 Å². The van der Waals surface area contributed by atoms with Crippen molar-refractivity contribution in [3.63, 3.8) is 0 Å². The van der Waals surface area contributed by atoms with E-state index in [0.29, 0.717) is 40.5 Å². The Balaban J connectivity index is 1.43. The number of ether oxygens (including phenoxy) is 3. The van der Waals surface area contributed by atoms with Crippen molar-refractivity contribution in [2.75, 3.05) is 20.3 Å². The van der Waals surface area contributed by atoms with Crippen molar-refractivity contribution >= 4 is 24.0 Å². The Morgan fingerprint density at radius 1 is 0.829 bits per heavy atom. The van der Waals surface area contributed by atoms with Gasteiger partial charge >= 0.3 is 5.97 Å². The first-order chi connectivity index (χ1) is 17.0. The summed E-state index contributed by atoms with van der Waals surface area (Å²) in [4.78, 5) is 36.3. The molecule has 3 aromatic carbocycles. The zero-order valence-electron chi connectivity index (χ0n) is 19.3. The Labute approximate surface area is 202 Å². The van der Waals surface area contributed by atoms with Gasteiger partial charge < -0.3 is 19.5 Å². The van der Waals surface area contributed by atoms with Gasteiger partial charge in [-0.25, -0.2) is 10.2 Å². The molecule has 0 bridgehead atoms. The maximum absolute atomic E-state index is 12.3. The smallest absolute Gasteiger partial charge is 0.343 e. The zero-order chi connectivity index (χ0) is 25.0. The minimum atomic E-state index is -0.488. The number of nitrogens with one attached hydrogen (secondary N) is 2. The van der Waals surface area contributed by atoms with Crippen molar-refractivity contribution in [3.05, 3.63) is 89.5 Å². The summed E-state index contributed by atoms with van der Waals surface area (Å²) in [6, 6.07) is 19.8. The van der Waals surface area contributed by atoms with Crippen LogP contribution in [0.15, 0.2) is 77.9 Å². The van der Waals surface area contributed by atoms with Gasteiger partial charge in [-0.3, -0.25) is 9.59 Å². The minimum absolute atomic E-state index is 0.233. The van der Waals surface area contributed by atoms with Gasteiger partial charge in [-0.15, -0.1) is 0 Å². The Bertz CT molecular complexity index is 1170. The SMILES string of the molecule is CCOc1ccc(C(=O)Oc2ccc(/C=N\NC(=O)CNC(=O)c3ccc(OC)cc3)cc2)cc1. The highest BCUT2D eigenvalue weighted by molar-refractivity contribution is 5.96. The molecule has 9 nitrogen and oxygen atoms in total. The molecule has 0 saturated heterocycles. The third kappa shape index (κ3) is 7.71. The van der Waals surface area contributed by atoms with Gasteiger partial charge in [0, 0.05) is 5.56 Å². The number of rotatable bonds is 10. The molecule has 0 saturated carbocycles. The first-order valence-electron chi connectivity index (χ1n) is 10.8. The van der Waals surface area contributed by atoms with Crippen LogP contribution in [0.3, 0.4) is 0 Å². The van der Waals surface area contributed by atoms with Gasteiger partial charge in [-0.2, -0.15) is 5.10 Å². The number of methoxy groups -OCH3 is 1. The highest BCUT2D eigenvalue weighted by Gasteiger charge is 2.09. The predicted octanol–water partition coefficient (Wildman–Crippen LogP) is 3.19. The minimum Gasteiger partial charge on any atom is -0.497 e. The van der Waals surface area contributed by atoms with Crippen LogP contribution in [0.1, 0.15) is 33.2 Å². The van der Waals surface area contributed by atoms with Crippen LogP contribution >= 0.6 is 0 Å². The lowest BCUT2D eigenvalue weighted by Gasteiger charge is -2.06. The van der Waals surface area contributed by atoms with Crippen molar-refractivity contribution in [1.82, 2.24) is 10.7 Å². The van der Waals surface area contributed by atoms with E-state index in [-0.39, 0.29) is 12.5 Å². The van der Waals surface area contributed by atoms with Crippen LogP contribution in [-0.4, -0.2) is 44.3 Å². The van der Waals surface area contributed by atoms with Crippen LogP contribution in [-0.2, 0) is 4.79 Å². The lowest BCUT2D eigenvalue weighted by atomic mass is 10.2. The predicted molar refractivity (Wildman–Crippen MR) is 130 cm³/mol. The summed E-state index contributed by atoms with van der Waals surface area (Å²) in [7, 11) is 1.54. The van der Waals surface area contributed by atoms with Gasteiger partial charge in [-0.1, -0.05) is 0 Å². The van der Waals surface area contributed by atoms with E-state index in [1.165, 1.54) is 13.3 Å². The number of nitrogens with zero attached hydrogens (tertiary/aromatic N) is 1. The van der Waals surface area contributed by atoms with Gasteiger partial charge in [0.2, 0.25) is 0 Å². The molecule has 0 spiro atoms. The molecule has 9 heteroatoms. The normalized spacial score (nSPS) is 10.5. The van der Waals surface area contributed by atoms with E-state index in [9.17, 15) is 14.4 Å². The Morgan fingerprint density at radius 3 is 2.06 bits per heavy atom. The molecule has 0 aliphatic carbocycles. The van der Waals surface area contributed by atoms with Crippen molar-refractivity contribution in [2.24, 2.45) is 5.10 Å². The highest BCUT2D eigenvalue weighted by Crippen LogP contribution is 2.16. The Morgan fingerprint density at radius 2 is 1.43 bits per heavy atom. The van der Waals surface area contributed by atoms with E-state index in [1.54, 1.807) is 72.8 Å². The number of carbonyl (C=O) groups excluding carboxylic acids is 3. The average Bonchev–Trinajstić information content (AvgIpc) is 2.89. The second kappa shape index (κ2) is 12.5. The average molecular weight is 476 g/mol. The fraction of sp³-hybridized carbons (Fsp3) is 0.154. The van der Waals surface area contributed by atoms with Crippen LogP contribution in [0, 0.1) is 0 Å². The van der Waals surface area contributed by atoms with Crippen LogP contribution in [0.2, 0.25) is 0 Å². The summed E-state index contributed by atoms with van der Waals surface area (Å²) < 4.78 is 15.8. The van der Waals surface area contributed by atoms with Crippen molar-refractivity contribution in [1.29, 1.82) is 0 Å². The van der Waals surface area contributed by atoms with Crippen LogP contribution in [0.25, 0.3) is 0 Å². The fourth-order valence-corrected chi connectivity index (χ4v) is 2.87. The number of hydrogen-bond acceptors (Lipinski definition) is 7. The van der Waals surface area contributed by atoms with Gasteiger partial charge in [0.25, 0.3) is 11.8 Å². The summed E-state index contributed by atoms with van der Waals surface area (Å²) in [5.74, 6) is 0.322. The Kier molecular flexibility index (Phi) is 8.95. The quantitative estimate of drug-likeness (QED) is 0.201. The molecule has 0 aliphatic heterocycles. The molecule has 0 radical (unpaired) electrons. The molecule has 0 atom stereocenters. The summed E-state index contributed by atoms with van der Waals surface area (Å²) in [6.45, 7) is 2.20. The number of hydrogen-bond donors (Lipinski definition) is 2. The summed E-state index contributed by atoms with van der Waals surface area (Å²) >= 11 is 0. The second-order valence-corrected chi connectivity index (χ2v) is 7.12. The summed E-state index contributed by atoms with van der Waals surface area (Å²) in [6.07, 6.45) is 1.43. The van der Waals surface area contributed by atoms with E-state index < -0.39 is 11.9 Å². The van der Waals surface area contributed by atoms with E-state index in [2.05, 4.69) is 15.8 Å². The highest BCUT2D eigenvalue weighted by atomic mass is 16.5. The lowest BCUT2D eigenvalue weighted by Crippen LogP contribution is -2.34. The molecule has 180 valence electrons. The maximum atomic E-state index is 12.3. The first kappa shape index (κ1) is 25.0. The molecule has 3 aromatic rings. The number of amides is 2. The molecule has 2 amide bonds. The monoisotopic (exact) mass is 475 g/mol. The number of esters is 1. The molecular formula is C26H25N3O6. The third-order valence-electron chi connectivity index (χ3n) is 4.66. The van der Waals surface area contributed by atoms with Gasteiger partial charge in [0.1, 0.15) is 17.2 Å². The second-order valence-electron chi connectivity index (χ2n) is 7.12. The maximum Gasteiger partial charge on any atom is 0.343 e. The third-order valence-corrected chi connectivity index (χ3v) is 4.66. The molecule has 0 heterocycles. The lowest BCUT2D eigenvalue weighted by molar-refractivity contribution is -0.120. The number of carbonyl (C=O) groups is 3. The summed E-state index contributed by atoms with van der Waals surface area (Å²) in [5.41, 5.74) is 3.82. The molecule has 35 heavy (non-hydrogen) atoms.